The van der Waals surface area contributed by atoms with Crippen molar-refractivity contribution in [3.8, 4) is 0 Å². The Bertz CT molecular complexity index is 276. The van der Waals surface area contributed by atoms with Gasteiger partial charge in [0.1, 0.15) is 0 Å². The van der Waals surface area contributed by atoms with Crippen LogP contribution in [0.15, 0.2) is 24.3 Å². The van der Waals surface area contributed by atoms with Gasteiger partial charge < -0.3 is 10.0 Å². The molecule has 14 heavy (non-hydrogen) atoms. The normalized spacial score (nSPS) is 10.1. The summed E-state index contributed by atoms with van der Waals surface area (Å²) in [6, 6.07) is 5.22. The third kappa shape index (κ3) is 4.88. The minimum atomic E-state index is -4.22. The summed E-state index contributed by atoms with van der Waals surface area (Å²) in [5.41, 5.74) is 0.0392. The summed E-state index contributed by atoms with van der Waals surface area (Å²) in [6.45, 7) is 1.63. The van der Waals surface area contributed by atoms with Crippen molar-refractivity contribution >= 4 is 7.69 Å². The molecule has 1 aromatic carbocycles. The summed E-state index contributed by atoms with van der Waals surface area (Å²) in [6.07, 6.45) is -4.22. The Hall–Kier alpha value is -1.01. The van der Waals surface area contributed by atoms with E-state index in [1.807, 2.05) is 0 Å². The number of hydrogen-bond donors (Lipinski definition) is 2. The summed E-state index contributed by atoms with van der Waals surface area (Å²) >= 11 is 0. The Labute approximate surface area is 80.3 Å². The van der Waals surface area contributed by atoms with E-state index in [-0.39, 0.29) is 0 Å². The quantitative estimate of drug-likeness (QED) is 0.627. The second-order valence-electron chi connectivity index (χ2n) is 2.51. The fourth-order valence-corrected chi connectivity index (χ4v) is 0.821. The van der Waals surface area contributed by atoms with E-state index in [0.717, 1.165) is 12.1 Å². The first-order valence-corrected chi connectivity index (χ1v) is 3.77. The molecule has 2 nitrogen and oxygen atoms in total. The number of rotatable bonds is 0. The monoisotopic (exact) mass is 206 g/mol. The standard InChI is InChI=1S/C8H7F3.BH3O2/c1-6-3-2-4-7(5-6)8(9,10)11;2-1-3/h2-5H,1H3;1-3H. The molecule has 1 aromatic rings. The molecule has 0 heterocycles. The van der Waals surface area contributed by atoms with Gasteiger partial charge in [-0.3, -0.25) is 0 Å². The highest BCUT2D eigenvalue weighted by Gasteiger charge is 2.29. The molecule has 0 aromatic heterocycles. The second kappa shape index (κ2) is 5.67. The van der Waals surface area contributed by atoms with E-state index < -0.39 is 19.4 Å². The van der Waals surface area contributed by atoms with Gasteiger partial charge in [0.2, 0.25) is 0 Å². The summed E-state index contributed by atoms with van der Waals surface area (Å²) in [4.78, 5) is 0. The molecule has 0 aliphatic rings. The first-order valence-electron chi connectivity index (χ1n) is 3.77. The Balaban J connectivity index is 0.000000500. The van der Waals surface area contributed by atoms with E-state index in [4.69, 9.17) is 10.0 Å². The molecule has 0 radical (unpaired) electrons. The molecule has 1 rings (SSSR count). The van der Waals surface area contributed by atoms with Crippen LogP contribution in [0.5, 0.6) is 0 Å². The summed E-state index contributed by atoms with van der Waals surface area (Å²) in [5, 5.41) is 14.2. The highest BCUT2D eigenvalue weighted by atomic mass is 19.4. The largest absolute Gasteiger partial charge is 0.432 e. The lowest BCUT2D eigenvalue weighted by Crippen LogP contribution is -2.04. The number of hydrogen-bond acceptors (Lipinski definition) is 2. The van der Waals surface area contributed by atoms with E-state index in [1.54, 1.807) is 13.0 Å². The highest BCUT2D eigenvalue weighted by molar-refractivity contribution is 6.13. The van der Waals surface area contributed by atoms with Crippen molar-refractivity contribution < 1.29 is 23.2 Å². The molecule has 0 aliphatic carbocycles. The molecule has 0 saturated carbocycles. The van der Waals surface area contributed by atoms with E-state index >= 15 is 0 Å². The van der Waals surface area contributed by atoms with Gasteiger partial charge >= 0.3 is 13.9 Å². The van der Waals surface area contributed by atoms with Gasteiger partial charge in [-0.2, -0.15) is 13.2 Å². The van der Waals surface area contributed by atoms with Crippen LogP contribution in [-0.4, -0.2) is 17.7 Å². The average Bonchev–Trinajstić information content (AvgIpc) is 2.04. The summed E-state index contributed by atoms with van der Waals surface area (Å²) < 4.78 is 35.9. The fourth-order valence-electron chi connectivity index (χ4n) is 0.821. The van der Waals surface area contributed by atoms with Crippen LogP contribution in [0.25, 0.3) is 0 Å². The molecule has 0 spiro atoms. The van der Waals surface area contributed by atoms with E-state index in [1.165, 1.54) is 6.07 Å². The Morgan fingerprint density at radius 3 is 2.00 bits per heavy atom. The Morgan fingerprint density at radius 2 is 1.71 bits per heavy atom. The predicted molar refractivity (Wildman–Crippen MR) is 47.8 cm³/mol. The first kappa shape index (κ1) is 13.0. The van der Waals surface area contributed by atoms with Crippen molar-refractivity contribution in [1.82, 2.24) is 0 Å². The zero-order chi connectivity index (χ0) is 11.2. The van der Waals surface area contributed by atoms with Crippen LogP contribution in [-0.2, 0) is 6.18 Å². The van der Waals surface area contributed by atoms with E-state index in [2.05, 4.69) is 0 Å². The van der Waals surface area contributed by atoms with Crippen LogP contribution in [0.1, 0.15) is 11.1 Å². The molecule has 78 valence electrons. The van der Waals surface area contributed by atoms with Gasteiger partial charge in [-0.05, 0) is 13.0 Å². The molecule has 0 bridgehead atoms. The van der Waals surface area contributed by atoms with Crippen molar-refractivity contribution in [1.29, 1.82) is 0 Å². The molecule has 0 atom stereocenters. The maximum atomic E-state index is 12.0. The van der Waals surface area contributed by atoms with E-state index in [9.17, 15) is 13.2 Å². The third-order valence-electron chi connectivity index (χ3n) is 1.35. The topological polar surface area (TPSA) is 40.5 Å². The molecule has 0 aliphatic heterocycles. The van der Waals surface area contributed by atoms with Gasteiger partial charge in [-0.25, -0.2) is 0 Å². The van der Waals surface area contributed by atoms with Gasteiger partial charge in [-0.15, -0.1) is 0 Å². The second-order valence-corrected chi connectivity index (χ2v) is 2.51. The summed E-state index contributed by atoms with van der Waals surface area (Å²) in [5.74, 6) is 0. The van der Waals surface area contributed by atoms with Gasteiger partial charge in [-0.1, -0.05) is 23.8 Å². The average molecular weight is 206 g/mol. The van der Waals surface area contributed by atoms with Gasteiger partial charge in [0.05, 0.1) is 5.56 Å². The molecule has 6 heteroatoms. The SMILES string of the molecule is Cc1cccc(C(F)(F)F)c1.OBO. The smallest absolute Gasteiger partial charge is 0.430 e. The Morgan fingerprint density at radius 1 is 1.21 bits per heavy atom. The van der Waals surface area contributed by atoms with Crippen LogP contribution >= 0.6 is 0 Å². The van der Waals surface area contributed by atoms with Crippen LogP contribution in [0.2, 0.25) is 0 Å². The fraction of sp³-hybridized carbons (Fsp3) is 0.250. The van der Waals surface area contributed by atoms with Crippen LogP contribution in [0, 0.1) is 6.92 Å². The van der Waals surface area contributed by atoms with Crippen molar-refractivity contribution in [3.05, 3.63) is 35.4 Å². The molecule has 0 amide bonds. The molecular formula is C8H10BF3O2. The van der Waals surface area contributed by atoms with Crippen molar-refractivity contribution in [3.63, 3.8) is 0 Å². The number of halogens is 3. The first-order chi connectivity index (χ1) is 6.41. The minimum absolute atomic E-state index is 0.586. The molecule has 0 fully saturated rings. The van der Waals surface area contributed by atoms with Gasteiger partial charge in [0.15, 0.2) is 0 Å². The van der Waals surface area contributed by atoms with E-state index in [0.29, 0.717) is 5.56 Å². The number of benzene rings is 1. The lowest BCUT2D eigenvalue weighted by atomic mass is 10.1. The van der Waals surface area contributed by atoms with Crippen molar-refractivity contribution in [2.24, 2.45) is 0 Å². The van der Waals surface area contributed by atoms with Crippen LogP contribution in [0.4, 0.5) is 13.2 Å². The van der Waals surface area contributed by atoms with Crippen LogP contribution in [0.3, 0.4) is 0 Å². The summed E-state index contributed by atoms with van der Waals surface area (Å²) in [7, 11) is -0.750. The number of alkyl halides is 3. The lowest BCUT2D eigenvalue weighted by molar-refractivity contribution is -0.137. The zero-order valence-electron chi connectivity index (χ0n) is 7.54. The molecule has 2 N–H and O–H groups in total. The molecular weight excluding hydrogens is 196 g/mol. The van der Waals surface area contributed by atoms with Crippen molar-refractivity contribution in [2.75, 3.05) is 0 Å². The lowest BCUT2D eigenvalue weighted by Gasteiger charge is -2.05. The Kier molecular flexibility index (Phi) is 5.26. The highest BCUT2D eigenvalue weighted by Crippen LogP contribution is 2.29. The predicted octanol–water partition coefficient (Wildman–Crippen LogP) is 1.25. The third-order valence-corrected chi connectivity index (χ3v) is 1.35. The van der Waals surface area contributed by atoms with Crippen LogP contribution < -0.4 is 0 Å². The maximum absolute atomic E-state index is 12.0. The molecule has 0 unspecified atom stereocenters. The van der Waals surface area contributed by atoms with Gasteiger partial charge in [0, 0.05) is 0 Å². The van der Waals surface area contributed by atoms with Gasteiger partial charge in [0.25, 0.3) is 0 Å². The van der Waals surface area contributed by atoms with Crippen molar-refractivity contribution in [2.45, 2.75) is 13.1 Å². The minimum Gasteiger partial charge on any atom is -0.430 e. The maximum Gasteiger partial charge on any atom is 0.432 e. The zero-order valence-corrected chi connectivity index (χ0v) is 7.54. The number of aryl methyl sites for hydroxylation is 1. The molecule has 0 saturated heterocycles.